The molecule has 0 amide bonds. The Morgan fingerprint density at radius 2 is 1.55 bits per heavy atom. The number of alkyl halides is 1. The van der Waals surface area contributed by atoms with Crippen molar-refractivity contribution in [1.29, 1.82) is 0 Å². The molecular formula is C12H13ClN2O5. The van der Waals surface area contributed by atoms with Gasteiger partial charge in [0, 0.05) is 30.0 Å². The van der Waals surface area contributed by atoms with Crippen LogP contribution in [0, 0.1) is 20.2 Å². The van der Waals surface area contributed by atoms with Gasteiger partial charge in [0.05, 0.1) is 15.9 Å². The van der Waals surface area contributed by atoms with E-state index in [4.69, 9.17) is 11.6 Å². The van der Waals surface area contributed by atoms with Gasteiger partial charge in [-0.3, -0.25) is 25.0 Å². The molecule has 1 rings (SSSR count). The van der Waals surface area contributed by atoms with E-state index in [-0.39, 0.29) is 17.8 Å². The van der Waals surface area contributed by atoms with Gasteiger partial charge in [0.1, 0.15) is 0 Å². The Morgan fingerprint density at radius 3 is 2.00 bits per heavy atom. The predicted octanol–water partition coefficient (Wildman–Crippen LogP) is 3.48. The number of hydrogen-bond acceptors (Lipinski definition) is 5. The second-order valence-electron chi connectivity index (χ2n) is 4.18. The minimum absolute atomic E-state index is 0.00299. The van der Waals surface area contributed by atoms with E-state index in [1.165, 1.54) is 0 Å². The minimum Gasteiger partial charge on any atom is -0.294 e. The van der Waals surface area contributed by atoms with Gasteiger partial charge in [-0.2, -0.15) is 0 Å². The second kappa shape index (κ2) is 7.54. The number of carbonyl (C=O) groups excluding carboxylic acids is 1. The van der Waals surface area contributed by atoms with Gasteiger partial charge in [0.25, 0.3) is 11.4 Å². The van der Waals surface area contributed by atoms with Crippen molar-refractivity contribution >= 4 is 28.8 Å². The van der Waals surface area contributed by atoms with Gasteiger partial charge in [-0.1, -0.05) is 6.42 Å². The molecule has 108 valence electrons. The Labute approximate surface area is 119 Å². The monoisotopic (exact) mass is 300 g/mol. The third kappa shape index (κ3) is 4.58. The van der Waals surface area contributed by atoms with Gasteiger partial charge >= 0.3 is 0 Å². The van der Waals surface area contributed by atoms with Crippen LogP contribution in [0.3, 0.4) is 0 Å². The molecule has 1 aromatic carbocycles. The molecule has 0 N–H and O–H groups in total. The van der Waals surface area contributed by atoms with Gasteiger partial charge < -0.3 is 0 Å². The number of hydrogen-bond donors (Lipinski definition) is 0. The molecule has 0 aromatic heterocycles. The number of benzene rings is 1. The Morgan fingerprint density at radius 1 is 1.00 bits per heavy atom. The van der Waals surface area contributed by atoms with Crippen molar-refractivity contribution in [2.24, 2.45) is 0 Å². The number of nitro benzene ring substituents is 2. The van der Waals surface area contributed by atoms with Crippen LogP contribution in [0.15, 0.2) is 18.2 Å². The first-order valence-electron chi connectivity index (χ1n) is 5.98. The fraction of sp³-hybridized carbons (Fsp3) is 0.417. The van der Waals surface area contributed by atoms with Gasteiger partial charge in [-0.25, -0.2) is 0 Å². The molecule has 20 heavy (non-hydrogen) atoms. The van der Waals surface area contributed by atoms with Crippen LogP contribution < -0.4 is 0 Å². The summed E-state index contributed by atoms with van der Waals surface area (Å²) in [6.45, 7) is 0. The van der Waals surface area contributed by atoms with Crippen molar-refractivity contribution in [2.45, 2.75) is 25.7 Å². The standard InChI is InChI=1S/C12H13ClN2O5/c13-5-3-1-2-4-12(16)9-6-10(14(17)18)8-11(7-9)15(19)20/h6-8H,1-5H2. The SMILES string of the molecule is O=C(CCCCCCl)c1cc([N+](=O)[O-])cc([N+](=O)[O-])c1. The van der Waals surface area contributed by atoms with Crippen LogP contribution in [-0.4, -0.2) is 21.5 Å². The number of rotatable bonds is 8. The third-order valence-corrected chi connectivity index (χ3v) is 2.95. The topological polar surface area (TPSA) is 103 Å². The summed E-state index contributed by atoms with van der Waals surface area (Å²) in [4.78, 5) is 31.8. The molecular weight excluding hydrogens is 288 g/mol. The molecule has 0 bridgehead atoms. The van der Waals surface area contributed by atoms with E-state index in [9.17, 15) is 25.0 Å². The zero-order chi connectivity index (χ0) is 15.1. The van der Waals surface area contributed by atoms with E-state index in [2.05, 4.69) is 0 Å². The highest BCUT2D eigenvalue weighted by Gasteiger charge is 2.19. The highest BCUT2D eigenvalue weighted by atomic mass is 35.5. The molecule has 0 unspecified atom stereocenters. The summed E-state index contributed by atoms with van der Waals surface area (Å²) < 4.78 is 0. The summed E-state index contributed by atoms with van der Waals surface area (Å²) in [6, 6.07) is 2.97. The maximum Gasteiger partial charge on any atom is 0.277 e. The third-order valence-electron chi connectivity index (χ3n) is 2.68. The van der Waals surface area contributed by atoms with Gasteiger partial charge in [-0.05, 0) is 12.8 Å². The maximum atomic E-state index is 11.9. The normalized spacial score (nSPS) is 10.2. The van der Waals surface area contributed by atoms with E-state index < -0.39 is 21.2 Å². The molecule has 0 fully saturated rings. The van der Waals surface area contributed by atoms with Crippen LogP contribution in [0.1, 0.15) is 36.0 Å². The molecule has 0 aliphatic heterocycles. The summed E-state index contributed by atoms with van der Waals surface area (Å²) in [5.74, 6) is 0.169. The lowest BCUT2D eigenvalue weighted by Gasteiger charge is -2.01. The highest BCUT2D eigenvalue weighted by molar-refractivity contribution is 6.17. The second-order valence-corrected chi connectivity index (χ2v) is 4.55. The molecule has 0 spiro atoms. The van der Waals surface area contributed by atoms with E-state index in [0.29, 0.717) is 12.3 Å². The average molecular weight is 301 g/mol. The maximum absolute atomic E-state index is 11.9. The summed E-state index contributed by atoms with van der Waals surface area (Å²) in [5, 5.41) is 21.4. The number of ketones is 1. The first kappa shape index (κ1) is 16.0. The minimum atomic E-state index is -0.753. The number of halogens is 1. The van der Waals surface area contributed by atoms with Crippen LogP contribution >= 0.6 is 11.6 Å². The molecule has 0 heterocycles. The Balaban J connectivity index is 2.90. The Kier molecular flexibility index (Phi) is 6.05. The molecule has 7 nitrogen and oxygen atoms in total. The first-order chi connectivity index (χ1) is 9.45. The molecule has 0 saturated heterocycles. The molecule has 0 saturated carbocycles. The van der Waals surface area contributed by atoms with Crippen LogP contribution in [0.4, 0.5) is 11.4 Å². The van der Waals surface area contributed by atoms with Gasteiger partial charge in [-0.15, -0.1) is 11.6 Å². The van der Waals surface area contributed by atoms with Crippen molar-refractivity contribution in [2.75, 3.05) is 5.88 Å². The quantitative estimate of drug-likeness (QED) is 0.240. The van der Waals surface area contributed by atoms with Crippen LogP contribution in [-0.2, 0) is 0 Å². The van der Waals surface area contributed by atoms with Crippen LogP contribution in [0.2, 0.25) is 0 Å². The Bertz CT molecular complexity index is 500. The average Bonchev–Trinajstić information content (AvgIpc) is 2.42. The van der Waals surface area contributed by atoms with Gasteiger partial charge in [0.2, 0.25) is 0 Å². The first-order valence-corrected chi connectivity index (χ1v) is 6.52. The lowest BCUT2D eigenvalue weighted by Crippen LogP contribution is -2.02. The summed E-state index contributed by atoms with van der Waals surface area (Å²) >= 11 is 5.51. The Hall–Kier alpha value is -2.02. The van der Waals surface area contributed by atoms with E-state index in [1.54, 1.807) is 0 Å². The largest absolute Gasteiger partial charge is 0.294 e. The number of nitro groups is 2. The van der Waals surface area contributed by atoms with Crippen molar-refractivity contribution in [3.8, 4) is 0 Å². The fourth-order valence-electron chi connectivity index (χ4n) is 1.67. The number of carbonyl (C=O) groups is 1. The van der Waals surface area contributed by atoms with E-state index in [0.717, 1.165) is 31.0 Å². The van der Waals surface area contributed by atoms with Crippen molar-refractivity contribution in [3.05, 3.63) is 44.0 Å². The number of unbranched alkanes of at least 4 members (excludes halogenated alkanes) is 2. The summed E-state index contributed by atoms with van der Waals surface area (Å²) in [7, 11) is 0. The van der Waals surface area contributed by atoms with E-state index in [1.807, 2.05) is 0 Å². The molecule has 0 radical (unpaired) electrons. The lowest BCUT2D eigenvalue weighted by atomic mass is 10.0. The fourth-order valence-corrected chi connectivity index (χ4v) is 1.86. The van der Waals surface area contributed by atoms with Crippen LogP contribution in [0.25, 0.3) is 0 Å². The zero-order valence-electron chi connectivity index (χ0n) is 10.6. The highest BCUT2D eigenvalue weighted by Crippen LogP contribution is 2.24. The molecule has 1 aromatic rings. The smallest absolute Gasteiger partial charge is 0.277 e. The molecule has 8 heteroatoms. The van der Waals surface area contributed by atoms with Crippen molar-refractivity contribution in [3.63, 3.8) is 0 Å². The predicted molar refractivity (Wildman–Crippen MR) is 73.3 cm³/mol. The molecule has 0 aliphatic rings. The number of non-ortho nitro benzene ring substituents is 2. The van der Waals surface area contributed by atoms with Crippen LogP contribution in [0.5, 0.6) is 0 Å². The molecule has 0 atom stereocenters. The van der Waals surface area contributed by atoms with Crippen molar-refractivity contribution in [1.82, 2.24) is 0 Å². The van der Waals surface area contributed by atoms with Gasteiger partial charge in [0.15, 0.2) is 5.78 Å². The molecule has 0 aliphatic carbocycles. The number of Topliss-reactive ketones (excluding diaryl/α,β-unsaturated/α-hetero) is 1. The summed E-state index contributed by atoms with van der Waals surface area (Å²) in [5.41, 5.74) is -0.914. The van der Waals surface area contributed by atoms with Crippen molar-refractivity contribution < 1.29 is 14.6 Å². The van der Waals surface area contributed by atoms with E-state index >= 15 is 0 Å². The number of nitrogens with zero attached hydrogens (tertiary/aromatic N) is 2. The lowest BCUT2D eigenvalue weighted by molar-refractivity contribution is -0.394. The zero-order valence-corrected chi connectivity index (χ0v) is 11.3. The summed E-state index contributed by atoms with van der Waals surface area (Å²) in [6.07, 6.45) is 2.34.